The molecule has 0 aliphatic carbocycles. The molecule has 1 fully saturated rings. The Hall–Kier alpha value is -1.98. The quantitative estimate of drug-likeness (QED) is 0.867. The SMILES string of the molecule is CC=Cc1cnc(C2OCCO2)n1Cc1ccc(F)cc1. The summed E-state index contributed by atoms with van der Waals surface area (Å²) in [5, 5.41) is 0. The lowest BCUT2D eigenvalue weighted by Gasteiger charge is -2.14. The van der Waals surface area contributed by atoms with Crippen LogP contribution in [0, 0.1) is 5.82 Å². The van der Waals surface area contributed by atoms with E-state index in [4.69, 9.17) is 9.47 Å². The molecule has 0 radical (unpaired) electrons. The molecular formula is C16H17FN2O2. The first kappa shape index (κ1) is 14.0. The lowest BCUT2D eigenvalue weighted by Crippen LogP contribution is -2.12. The van der Waals surface area contributed by atoms with E-state index in [2.05, 4.69) is 4.98 Å². The van der Waals surface area contributed by atoms with Gasteiger partial charge in [0.25, 0.3) is 0 Å². The minimum atomic E-state index is -0.426. The number of halogens is 1. The molecular weight excluding hydrogens is 271 g/mol. The van der Waals surface area contributed by atoms with Crippen LogP contribution in [-0.4, -0.2) is 22.8 Å². The predicted octanol–water partition coefficient (Wildman–Crippen LogP) is 3.15. The van der Waals surface area contributed by atoms with Gasteiger partial charge in [-0.05, 0) is 30.7 Å². The second-order valence-electron chi connectivity index (χ2n) is 4.83. The van der Waals surface area contributed by atoms with E-state index in [0.717, 1.165) is 17.1 Å². The molecule has 0 amide bonds. The summed E-state index contributed by atoms with van der Waals surface area (Å²) in [5.41, 5.74) is 1.97. The maximum Gasteiger partial charge on any atom is 0.217 e. The van der Waals surface area contributed by atoms with Gasteiger partial charge >= 0.3 is 0 Å². The lowest BCUT2D eigenvalue weighted by atomic mass is 10.2. The van der Waals surface area contributed by atoms with Gasteiger partial charge in [-0.25, -0.2) is 9.37 Å². The number of aromatic nitrogens is 2. The molecule has 1 saturated heterocycles. The summed E-state index contributed by atoms with van der Waals surface area (Å²) in [6.07, 6.45) is 5.31. The van der Waals surface area contributed by atoms with Gasteiger partial charge in [0.1, 0.15) is 5.82 Å². The Labute approximate surface area is 122 Å². The van der Waals surface area contributed by atoms with Gasteiger partial charge in [0.05, 0.1) is 25.1 Å². The minimum Gasteiger partial charge on any atom is -0.343 e. The highest BCUT2D eigenvalue weighted by Gasteiger charge is 2.24. The average molecular weight is 288 g/mol. The molecule has 1 aliphatic heterocycles. The molecule has 2 aromatic rings. The molecule has 0 atom stereocenters. The number of allylic oxidation sites excluding steroid dienone is 1. The molecule has 4 nitrogen and oxygen atoms in total. The molecule has 2 heterocycles. The van der Waals surface area contributed by atoms with Gasteiger partial charge in [0, 0.05) is 6.54 Å². The summed E-state index contributed by atoms with van der Waals surface area (Å²) >= 11 is 0. The monoisotopic (exact) mass is 288 g/mol. The number of rotatable bonds is 4. The molecule has 0 N–H and O–H groups in total. The highest BCUT2D eigenvalue weighted by Crippen LogP contribution is 2.24. The van der Waals surface area contributed by atoms with Crippen LogP contribution in [0.25, 0.3) is 6.08 Å². The number of hydrogen-bond acceptors (Lipinski definition) is 3. The van der Waals surface area contributed by atoms with Crippen molar-refractivity contribution in [3.63, 3.8) is 0 Å². The number of imidazole rings is 1. The van der Waals surface area contributed by atoms with Gasteiger partial charge in [-0.3, -0.25) is 0 Å². The minimum absolute atomic E-state index is 0.235. The number of nitrogens with zero attached hydrogens (tertiary/aromatic N) is 2. The van der Waals surface area contributed by atoms with Crippen LogP contribution in [0.5, 0.6) is 0 Å². The Bertz CT molecular complexity index is 628. The van der Waals surface area contributed by atoms with Crippen molar-refractivity contribution in [1.29, 1.82) is 0 Å². The average Bonchev–Trinajstić information content (AvgIpc) is 3.12. The Kier molecular flexibility index (Phi) is 4.13. The van der Waals surface area contributed by atoms with Crippen LogP contribution in [-0.2, 0) is 16.0 Å². The van der Waals surface area contributed by atoms with E-state index >= 15 is 0 Å². The van der Waals surface area contributed by atoms with E-state index in [1.807, 2.05) is 23.6 Å². The summed E-state index contributed by atoms with van der Waals surface area (Å²) < 4.78 is 26.1. The molecule has 5 heteroatoms. The van der Waals surface area contributed by atoms with Gasteiger partial charge in [0.2, 0.25) is 6.29 Å². The van der Waals surface area contributed by atoms with Gasteiger partial charge < -0.3 is 14.0 Å². The first-order chi connectivity index (χ1) is 10.3. The third kappa shape index (κ3) is 3.04. The summed E-state index contributed by atoms with van der Waals surface area (Å²) in [5.74, 6) is 0.505. The Morgan fingerprint density at radius 3 is 2.67 bits per heavy atom. The van der Waals surface area contributed by atoms with Crippen LogP contribution in [0.2, 0.25) is 0 Å². The van der Waals surface area contributed by atoms with Gasteiger partial charge in [-0.15, -0.1) is 0 Å². The van der Waals surface area contributed by atoms with E-state index in [-0.39, 0.29) is 5.82 Å². The highest BCUT2D eigenvalue weighted by molar-refractivity contribution is 5.44. The van der Waals surface area contributed by atoms with Crippen molar-refractivity contribution in [1.82, 2.24) is 9.55 Å². The standard InChI is InChI=1S/C16H17FN2O2/c1-2-3-14-10-18-15(16-20-8-9-21-16)19(14)11-12-4-6-13(17)7-5-12/h2-7,10,16H,8-9,11H2,1H3. The maximum absolute atomic E-state index is 13.0. The molecule has 1 aliphatic rings. The topological polar surface area (TPSA) is 36.3 Å². The third-order valence-corrected chi connectivity index (χ3v) is 3.34. The fourth-order valence-electron chi connectivity index (χ4n) is 2.35. The normalized spacial score (nSPS) is 16.1. The first-order valence-electron chi connectivity index (χ1n) is 6.93. The maximum atomic E-state index is 13.0. The van der Waals surface area contributed by atoms with E-state index in [0.29, 0.717) is 19.8 Å². The number of ether oxygens (including phenoxy) is 2. The number of hydrogen-bond donors (Lipinski definition) is 0. The zero-order chi connectivity index (χ0) is 14.7. The first-order valence-corrected chi connectivity index (χ1v) is 6.93. The second-order valence-corrected chi connectivity index (χ2v) is 4.83. The fraction of sp³-hybridized carbons (Fsp3) is 0.312. The third-order valence-electron chi connectivity index (χ3n) is 3.34. The molecule has 110 valence electrons. The smallest absolute Gasteiger partial charge is 0.217 e. The second kappa shape index (κ2) is 6.20. The van der Waals surface area contributed by atoms with Crippen LogP contribution < -0.4 is 0 Å². The van der Waals surface area contributed by atoms with Crippen LogP contribution in [0.3, 0.4) is 0 Å². The van der Waals surface area contributed by atoms with Crippen molar-refractivity contribution >= 4 is 6.08 Å². The van der Waals surface area contributed by atoms with Crippen molar-refractivity contribution in [3.8, 4) is 0 Å². The van der Waals surface area contributed by atoms with Crippen LogP contribution in [0.4, 0.5) is 4.39 Å². The molecule has 1 aromatic heterocycles. The van der Waals surface area contributed by atoms with E-state index < -0.39 is 6.29 Å². The zero-order valence-corrected chi connectivity index (χ0v) is 11.8. The molecule has 0 bridgehead atoms. The van der Waals surface area contributed by atoms with E-state index in [1.54, 1.807) is 18.3 Å². The molecule has 3 rings (SSSR count). The number of benzene rings is 1. The van der Waals surface area contributed by atoms with Gasteiger partial charge in [0.15, 0.2) is 5.82 Å². The molecule has 21 heavy (non-hydrogen) atoms. The Morgan fingerprint density at radius 1 is 1.29 bits per heavy atom. The molecule has 1 aromatic carbocycles. The van der Waals surface area contributed by atoms with Crippen molar-refractivity contribution in [3.05, 3.63) is 59.4 Å². The van der Waals surface area contributed by atoms with E-state index in [1.165, 1.54) is 12.1 Å². The lowest BCUT2D eigenvalue weighted by molar-refractivity contribution is -0.0527. The summed E-state index contributed by atoms with van der Waals surface area (Å²) in [4.78, 5) is 4.42. The predicted molar refractivity (Wildman–Crippen MR) is 77.1 cm³/mol. The van der Waals surface area contributed by atoms with Crippen molar-refractivity contribution < 1.29 is 13.9 Å². The van der Waals surface area contributed by atoms with E-state index in [9.17, 15) is 4.39 Å². The van der Waals surface area contributed by atoms with Crippen LogP contribution in [0.15, 0.2) is 36.5 Å². The Balaban J connectivity index is 1.93. The Morgan fingerprint density at radius 2 is 2.00 bits per heavy atom. The summed E-state index contributed by atoms with van der Waals surface area (Å²) in [6, 6.07) is 6.47. The van der Waals surface area contributed by atoms with Crippen molar-refractivity contribution in [2.24, 2.45) is 0 Å². The van der Waals surface area contributed by atoms with Crippen molar-refractivity contribution in [2.75, 3.05) is 13.2 Å². The van der Waals surface area contributed by atoms with Crippen molar-refractivity contribution in [2.45, 2.75) is 19.8 Å². The molecule has 0 unspecified atom stereocenters. The molecule has 0 spiro atoms. The van der Waals surface area contributed by atoms with Crippen LogP contribution >= 0.6 is 0 Å². The fourth-order valence-corrected chi connectivity index (χ4v) is 2.35. The summed E-state index contributed by atoms with van der Waals surface area (Å²) in [7, 11) is 0. The largest absolute Gasteiger partial charge is 0.343 e. The zero-order valence-electron chi connectivity index (χ0n) is 11.8. The van der Waals surface area contributed by atoms with Gasteiger partial charge in [-0.1, -0.05) is 18.2 Å². The highest BCUT2D eigenvalue weighted by atomic mass is 19.1. The van der Waals surface area contributed by atoms with Gasteiger partial charge in [-0.2, -0.15) is 0 Å². The summed E-state index contributed by atoms with van der Waals surface area (Å²) in [6.45, 7) is 3.70. The molecule has 0 saturated carbocycles. The van der Waals surface area contributed by atoms with Crippen LogP contribution in [0.1, 0.15) is 30.3 Å².